The summed E-state index contributed by atoms with van der Waals surface area (Å²) in [7, 11) is 0. The Morgan fingerprint density at radius 3 is 2.57 bits per heavy atom. The number of piperazine rings is 1. The van der Waals surface area contributed by atoms with Crippen molar-refractivity contribution >= 4 is 5.91 Å². The summed E-state index contributed by atoms with van der Waals surface area (Å²) < 4.78 is 0. The molecule has 1 N–H and O–H groups in total. The first kappa shape index (κ1) is 16.0. The molecule has 0 saturated carbocycles. The Morgan fingerprint density at radius 2 is 1.95 bits per heavy atom. The SMILES string of the molecule is CC(C)c1ccc(CCC(=O)N2CCNC(C)C2C)cc1. The van der Waals surface area contributed by atoms with Crippen LogP contribution >= 0.6 is 0 Å². The van der Waals surface area contributed by atoms with Gasteiger partial charge in [-0.1, -0.05) is 38.1 Å². The van der Waals surface area contributed by atoms with Crippen LogP contribution in [0, 0.1) is 0 Å². The summed E-state index contributed by atoms with van der Waals surface area (Å²) in [5.74, 6) is 0.840. The molecule has 116 valence electrons. The van der Waals surface area contributed by atoms with Gasteiger partial charge in [-0.15, -0.1) is 0 Å². The number of nitrogens with one attached hydrogen (secondary N) is 1. The van der Waals surface area contributed by atoms with E-state index < -0.39 is 0 Å². The van der Waals surface area contributed by atoms with Crippen LogP contribution in [0.5, 0.6) is 0 Å². The summed E-state index contributed by atoms with van der Waals surface area (Å²) in [5.41, 5.74) is 2.61. The van der Waals surface area contributed by atoms with Gasteiger partial charge in [0, 0.05) is 31.6 Å². The molecule has 3 nitrogen and oxygen atoms in total. The third kappa shape index (κ3) is 4.07. The first-order valence-electron chi connectivity index (χ1n) is 8.10. The average molecular weight is 288 g/mol. The fraction of sp³-hybridized carbons (Fsp3) is 0.611. The Morgan fingerprint density at radius 1 is 1.29 bits per heavy atom. The molecule has 0 aliphatic carbocycles. The quantitative estimate of drug-likeness (QED) is 0.924. The highest BCUT2D eigenvalue weighted by atomic mass is 16.2. The summed E-state index contributed by atoms with van der Waals surface area (Å²) in [4.78, 5) is 14.4. The van der Waals surface area contributed by atoms with E-state index in [2.05, 4.69) is 57.3 Å². The van der Waals surface area contributed by atoms with Gasteiger partial charge in [-0.05, 0) is 37.3 Å². The first-order chi connectivity index (χ1) is 9.99. The van der Waals surface area contributed by atoms with Crippen molar-refractivity contribution in [3.05, 3.63) is 35.4 Å². The zero-order chi connectivity index (χ0) is 15.4. The first-order valence-corrected chi connectivity index (χ1v) is 8.10. The molecule has 3 heteroatoms. The summed E-state index contributed by atoms with van der Waals surface area (Å²) in [6.07, 6.45) is 1.44. The molecule has 0 spiro atoms. The lowest BCUT2D eigenvalue weighted by Gasteiger charge is -2.38. The smallest absolute Gasteiger partial charge is 0.223 e. The Kier molecular flexibility index (Phi) is 5.40. The van der Waals surface area contributed by atoms with Crippen LogP contribution in [-0.2, 0) is 11.2 Å². The predicted octanol–water partition coefficient (Wildman–Crippen LogP) is 2.95. The van der Waals surface area contributed by atoms with Crippen LogP contribution in [0.2, 0.25) is 0 Å². The lowest BCUT2D eigenvalue weighted by molar-refractivity contribution is -0.134. The van der Waals surface area contributed by atoms with E-state index in [1.165, 1.54) is 11.1 Å². The minimum Gasteiger partial charge on any atom is -0.337 e. The normalized spacial score (nSPS) is 22.6. The van der Waals surface area contributed by atoms with Gasteiger partial charge >= 0.3 is 0 Å². The van der Waals surface area contributed by atoms with Crippen molar-refractivity contribution in [3.8, 4) is 0 Å². The molecule has 2 rings (SSSR count). The summed E-state index contributed by atoms with van der Waals surface area (Å²) in [6, 6.07) is 9.35. The number of amides is 1. The standard InChI is InChI=1S/C18H28N2O/c1-13(2)17-8-5-16(6-9-17)7-10-18(21)20-12-11-19-14(3)15(20)4/h5-6,8-9,13-15,19H,7,10-12H2,1-4H3. The van der Waals surface area contributed by atoms with Crippen LogP contribution in [0.25, 0.3) is 0 Å². The van der Waals surface area contributed by atoms with Gasteiger partial charge < -0.3 is 10.2 Å². The third-order valence-electron chi connectivity index (χ3n) is 4.63. The Labute approximate surface area is 128 Å². The van der Waals surface area contributed by atoms with E-state index in [1.807, 2.05) is 4.90 Å². The monoisotopic (exact) mass is 288 g/mol. The zero-order valence-electron chi connectivity index (χ0n) is 13.7. The maximum atomic E-state index is 12.4. The van der Waals surface area contributed by atoms with Crippen LogP contribution in [0.4, 0.5) is 0 Å². The molecule has 0 radical (unpaired) electrons. The number of hydrogen-bond acceptors (Lipinski definition) is 2. The van der Waals surface area contributed by atoms with Gasteiger partial charge in [0.2, 0.25) is 5.91 Å². The molecule has 1 aromatic carbocycles. The molecule has 1 heterocycles. The minimum atomic E-state index is 0.281. The zero-order valence-corrected chi connectivity index (χ0v) is 13.7. The topological polar surface area (TPSA) is 32.3 Å². The second-order valence-corrected chi connectivity index (χ2v) is 6.47. The Hall–Kier alpha value is -1.35. The van der Waals surface area contributed by atoms with Crippen molar-refractivity contribution in [2.45, 2.75) is 58.5 Å². The molecule has 1 saturated heterocycles. The molecule has 0 aromatic heterocycles. The van der Waals surface area contributed by atoms with Gasteiger partial charge in [-0.2, -0.15) is 0 Å². The molecule has 2 atom stereocenters. The molecule has 1 amide bonds. The second kappa shape index (κ2) is 7.08. The van der Waals surface area contributed by atoms with Crippen LogP contribution in [0.15, 0.2) is 24.3 Å². The van der Waals surface area contributed by atoms with Crippen molar-refractivity contribution in [3.63, 3.8) is 0 Å². The van der Waals surface area contributed by atoms with Crippen molar-refractivity contribution in [2.75, 3.05) is 13.1 Å². The average Bonchev–Trinajstić information content (AvgIpc) is 2.48. The van der Waals surface area contributed by atoms with Crippen LogP contribution in [0.3, 0.4) is 0 Å². The van der Waals surface area contributed by atoms with Gasteiger partial charge in [-0.25, -0.2) is 0 Å². The fourth-order valence-electron chi connectivity index (χ4n) is 2.87. The van der Waals surface area contributed by atoms with Gasteiger partial charge in [0.25, 0.3) is 0 Å². The van der Waals surface area contributed by atoms with Crippen LogP contribution in [0.1, 0.15) is 51.2 Å². The van der Waals surface area contributed by atoms with Crippen molar-refractivity contribution in [2.24, 2.45) is 0 Å². The van der Waals surface area contributed by atoms with E-state index in [4.69, 9.17) is 0 Å². The van der Waals surface area contributed by atoms with E-state index in [0.29, 0.717) is 18.4 Å². The summed E-state index contributed by atoms with van der Waals surface area (Å²) in [6.45, 7) is 10.4. The van der Waals surface area contributed by atoms with E-state index in [9.17, 15) is 4.79 Å². The second-order valence-electron chi connectivity index (χ2n) is 6.47. The fourth-order valence-corrected chi connectivity index (χ4v) is 2.87. The van der Waals surface area contributed by atoms with Crippen molar-refractivity contribution in [1.29, 1.82) is 0 Å². The van der Waals surface area contributed by atoms with Crippen molar-refractivity contribution < 1.29 is 4.79 Å². The Balaban J connectivity index is 1.88. The highest BCUT2D eigenvalue weighted by Crippen LogP contribution is 2.16. The number of carbonyl (C=O) groups excluding carboxylic acids is 1. The number of carbonyl (C=O) groups is 1. The molecule has 0 bridgehead atoms. The molecule has 1 aliphatic heterocycles. The highest BCUT2D eigenvalue weighted by molar-refractivity contribution is 5.77. The third-order valence-corrected chi connectivity index (χ3v) is 4.63. The van der Waals surface area contributed by atoms with Gasteiger partial charge in [0.15, 0.2) is 0 Å². The molecule has 21 heavy (non-hydrogen) atoms. The number of hydrogen-bond donors (Lipinski definition) is 1. The summed E-state index contributed by atoms with van der Waals surface area (Å²) in [5, 5.41) is 3.41. The number of benzene rings is 1. The largest absolute Gasteiger partial charge is 0.337 e. The molecule has 1 aliphatic rings. The maximum absolute atomic E-state index is 12.4. The van der Waals surface area contributed by atoms with E-state index in [1.54, 1.807) is 0 Å². The van der Waals surface area contributed by atoms with Crippen LogP contribution in [-0.4, -0.2) is 36.0 Å². The van der Waals surface area contributed by atoms with Gasteiger partial charge in [0.1, 0.15) is 0 Å². The summed E-state index contributed by atoms with van der Waals surface area (Å²) >= 11 is 0. The molecule has 1 fully saturated rings. The van der Waals surface area contributed by atoms with Gasteiger partial charge in [0.05, 0.1) is 0 Å². The molecule has 2 unspecified atom stereocenters. The van der Waals surface area contributed by atoms with E-state index >= 15 is 0 Å². The van der Waals surface area contributed by atoms with E-state index in [0.717, 1.165) is 19.5 Å². The number of rotatable bonds is 4. The highest BCUT2D eigenvalue weighted by Gasteiger charge is 2.27. The Bertz CT molecular complexity index is 467. The van der Waals surface area contributed by atoms with E-state index in [-0.39, 0.29) is 11.9 Å². The maximum Gasteiger partial charge on any atom is 0.223 e. The number of aryl methyl sites for hydroxylation is 1. The van der Waals surface area contributed by atoms with Crippen molar-refractivity contribution in [1.82, 2.24) is 10.2 Å². The number of nitrogens with zero attached hydrogens (tertiary/aromatic N) is 1. The molecular formula is C18H28N2O. The van der Waals surface area contributed by atoms with Gasteiger partial charge in [-0.3, -0.25) is 4.79 Å². The molecular weight excluding hydrogens is 260 g/mol. The molecule has 1 aromatic rings. The lowest BCUT2D eigenvalue weighted by Crippen LogP contribution is -2.57. The minimum absolute atomic E-state index is 0.281. The predicted molar refractivity (Wildman–Crippen MR) is 87.5 cm³/mol. The lowest BCUT2D eigenvalue weighted by atomic mass is 10.00. The van der Waals surface area contributed by atoms with Crippen LogP contribution < -0.4 is 5.32 Å².